The first-order valence-electron chi connectivity index (χ1n) is 8.09. The van der Waals surface area contributed by atoms with Gasteiger partial charge in [0.05, 0.1) is 0 Å². The predicted octanol–water partition coefficient (Wildman–Crippen LogP) is 4.00. The van der Waals surface area contributed by atoms with Crippen LogP contribution in [0.1, 0.15) is 65.7 Å². The molecule has 1 saturated carbocycles. The lowest BCUT2D eigenvalue weighted by atomic mass is 9.78. The van der Waals surface area contributed by atoms with Crippen LogP contribution < -0.4 is 5.32 Å². The van der Waals surface area contributed by atoms with E-state index in [9.17, 15) is 0 Å². The zero-order valence-electron chi connectivity index (χ0n) is 12.7. The minimum Gasteiger partial charge on any atom is -0.381 e. The topological polar surface area (TPSA) is 21.3 Å². The number of hydrogen-bond acceptors (Lipinski definition) is 2. The Hall–Kier alpha value is -0.0800. The highest BCUT2D eigenvalue weighted by atomic mass is 16.5. The Labute approximate surface area is 114 Å². The fraction of sp³-hybridized carbons (Fsp3) is 1.00. The van der Waals surface area contributed by atoms with E-state index in [2.05, 4.69) is 26.1 Å². The molecule has 1 rings (SSSR count). The fourth-order valence-electron chi connectivity index (χ4n) is 3.14. The van der Waals surface area contributed by atoms with Crippen molar-refractivity contribution in [2.24, 2.45) is 11.8 Å². The Bertz CT molecular complexity index is 196. The third-order valence-electron chi connectivity index (χ3n) is 4.12. The zero-order valence-corrected chi connectivity index (χ0v) is 12.7. The average Bonchev–Trinajstić information content (AvgIpc) is 2.38. The monoisotopic (exact) mass is 255 g/mol. The molecule has 1 aliphatic rings. The maximum atomic E-state index is 5.67. The smallest absolute Gasteiger partial charge is 0.0480 e. The third kappa shape index (κ3) is 6.19. The number of nitrogens with one attached hydrogen (secondary N) is 1. The van der Waals surface area contributed by atoms with Crippen molar-refractivity contribution in [2.45, 2.75) is 71.8 Å². The molecular formula is C16H33NO. The van der Waals surface area contributed by atoms with Crippen molar-refractivity contribution in [3.8, 4) is 0 Å². The van der Waals surface area contributed by atoms with E-state index in [0.717, 1.165) is 38.0 Å². The van der Waals surface area contributed by atoms with Crippen LogP contribution in [0.15, 0.2) is 0 Å². The summed E-state index contributed by atoms with van der Waals surface area (Å²) < 4.78 is 5.67. The maximum Gasteiger partial charge on any atom is 0.0480 e. The van der Waals surface area contributed by atoms with Crippen molar-refractivity contribution in [3.05, 3.63) is 0 Å². The molecule has 0 aliphatic heterocycles. The standard InChI is InChI=1S/C16H33NO/c1-4-10-17-16(9-12-18-11-5-2)15-8-6-7-14(3)13-15/h14-17H,4-13H2,1-3H3. The molecule has 2 heteroatoms. The highest BCUT2D eigenvalue weighted by molar-refractivity contribution is 4.81. The summed E-state index contributed by atoms with van der Waals surface area (Å²) in [4.78, 5) is 0. The van der Waals surface area contributed by atoms with Gasteiger partial charge in [0.1, 0.15) is 0 Å². The Morgan fingerprint density at radius 3 is 2.67 bits per heavy atom. The third-order valence-corrected chi connectivity index (χ3v) is 4.12. The first kappa shape index (κ1) is 16.0. The second kappa shape index (κ2) is 9.80. The second-order valence-corrected chi connectivity index (χ2v) is 5.99. The van der Waals surface area contributed by atoms with E-state index in [1.165, 1.54) is 38.5 Å². The summed E-state index contributed by atoms with van der Waals surface area (Å²) in [6, 6.07) is 0.685. The summed E-state index contributed by atoms with van der Waals surface area (Å²) in [6.45, 7) is 9.85. The van der Waals surface area contributed by atoms with Gasteiger partial charge >= 0.3 is 0 Å². The summed E-state index contributed by atoms with van der Waals surface area (Å²) >= 11 is 0. The predicted molar refractivity (Wildman–Crippen MR) is 78.9 cm³/mol. The van der Waals surface area contributed by atoms with E-state index >= 15 is 0 Å². The molecule has 0 saturated heterocycles. The summed E-state index contributed by atoms with van der Waals surface area (Å²) in [5, 5.41) is 3.76. The van der Waals surface area contributed by atoms with Crippen LogP contribution in [0.3, 0.4) is 0 Å². The van der Waals surface area contributed by atoms with Crippen LogP contribution in [0, 0.1) is 11.8 Å². The molecule has 0 aromatic carbocycles. The Kier molecular flexibility index (Phi) is 8.70. The van der Waals surface area contributed by atoms with Gasteiger partial charge in [0.2, 0.25) is 0 Å². The molecule has 18 heavy (non-hydrogen) atoms. The van der Waals surface area contributed by atoms with E-state index in [0.29, 0.717) is 6.04 Å². The maximum absolute atomic E-state index is 5.67. The Balaban J connectivity index is 2.33. The van der Waals surface area contributed by atoms with Crippen LogP contribution in [-0.2, 0) is 4.74 Å². The van der Waals surface area contributed by atoms with Gasteiger partial charge in [-0.15, -0.1) is 0 Å². The van der Waals surface area contributed by atoms with Gasteiger partial charge in [-0.3, -0.25) is 0 Å². The molecule has 0 bridgehead atoms. The Morgan fingerprint density at radius 1 is 1.17 bits per heavy atom. The molecule has 3 atom stereocenters. The molecule has 3 unspecified atom stereocenters. The lowest BCUT2D eigenvalue weighted by molar-refractivity contribution is 0.109. The van der Waals surface area contributed by atoms with Gasteiger partial charge in [0.25, 0.3) is 0 Å². The van der Waals surface area contributed by atoms with Crippen molar-refractivity contribution < 1.29 is 4.74 Å². The molecule has 1 N–H and O–H groups in total. The van der Waals surface area contributed by atoms with Crippen molar-refractivity contribution in [2.75, 3.05) is 19.8 Å². The number of hydrogen-bond donors (Lipinski definition) is 1. The van der Waals surface area contributed by atoms with E-state index in [1.54, 1.807) is 0 Å². The molecule has 108 valence electrons. The van der Waals surface area contributed by atoms with E-state index < -0.39 is 0 Å². The van der Waals surface area contributed by atoms with E-state index in [4.69, 9.17) is 4.74 Å². The SMILES string of the molecule is CCCNC(CCOCCC)C1CCCC(C)C1. The molecular weight excluding hydrogens is 222 g/mol. The highest BCUT2D eigenvalue weighted by Gasteiger charge is 2.25. The lowest BCUT2D eigenvalue weighted by Crippen LogP contribution is -2.39. The summed E-state index contributed by atoms with van der Waals surface area (Å²) in [5.74, 6) is 1.80. The summed E-state index contributed by atoms with van der Waals surface area (Å²) in [5.41, 5.74) is 0. The van der Waals surface area contributed by atoms with Crippen LogP contribution in [0.25, 0.3) is 0 Å². The van der Waals surface area contributed by atoms with Crippen LogP contribution in [0.5, 0.6) is 0 Å². The second-order valence-electron chi connectivity index (χ2n) is 5.99. The minimum absolute atomic E-state index is 0.685. The van der Waals surface area contributed by atoms with Gasteiger partial charge in [-0.2, -0.15) is 0 Å². The first-order valence-corrected chi connectivity index (χ1v) is 8.09. The van der Waals surface area contributed by atoms with Crippen molar-refractivity contribution in [1.29, 1.82) is 0 Å². The molecule has 1 aliphatic carbocycles. The molecule has 0 heterocycles. The fourth-order valence-corrected chi connectivity index (χ4v) is 3.14. The molecule has 2 nitrogen and oxygen atoms in total. The van der Waals surface area contributed by atoms with Gasteiger partial charge in [0, 0.05) is 19.3 Å². The van der Waals surface area contributed by atoms with Crippen LogP contribution in [0.4, 0.5) is 0 Å². The van der Waals surface area contributed by atoms with Crippen molar-refractivity contribution in [3.63, 3.8) is 0 Å². The van der Waals surface area contributed by atoms with Crippen LogP contribution in [-0.4, -0.2) is 25.8 Å². The summed E-state index contributed by atoms with van der Waals surface area (Å²) in [7, 11) is 0. The first-order chi connectivity index (χ1) is 8.77. The molecule has 0 radical (unpaired) electrons. The quantitative estimate of drug-likeness (QED) is 0.629. The van der Waals surface area contributed by atoms with Crippen LogP contribution in [0.2, 0.25) is 0 Å². The molecule has 0 amide bonds. The van der Waals surface area contributed by atoms with E-state index in [1.807, 2.05) is 0 Å². The van der Waals surface area contributed by atoms with E-state index in [-0.39, 0.29) is 0 Å². The number of ether oxygens (including phenoxy) is 1. The molecule has 0 spiro atoms. The number of rotatable bonds is 9. The normalized spacial score (nSPS) is 26.2. The van der Waals surface area contributed by atoms with Crippen molar-refractivity contribution >= 4 is 0 Å². The van der Waals surface area contributed by atoms with Crippen molar-refractivity contribution in [1.82, 2.24) is 5.32 Å². The van der Waals surface area contributed by atoms with Gasteiger partial charge in [0.15, 0.2) is 0 Å². The largest absolute Gasteiger partial charge is 0.381 e. The summed E-state index contributed by atoms with van der Waals surface area (Å²) in [6.07, 6.45) is 9.24. The molecule has 0 aromatic heterocycles. The van der Waals surface area contributed by atoms with Gasteiger partial charge in [-0.1, -0.05) is 33.6 Å². The van der Waals surface area contributed by atoms with Gasteiger partial charge in [-0.25, -0.2) is 0 Å². The lowest BCUT2D eigenvalue weighted by Gasteiger charge is -2.34. The van der Waals surface area contributed by atoms with Gasteiger partial charge < -0.3 is 10.1 Å². The highest BCUT2D eigenvalue weighted by Crippen LogP contribution is 2.31. The molecule has 0 aromatic rings. The van der Waals surface area contributed by atoms with Crippen LogP contribution >= 0.6 is 0 Å². The Morgan fingerprint density at radius 2 is 2.00 bits per heavy atom. The van der Waals surface area contributed by atoms with Gasteiger partial charge in [-0.05, 0) is 50.5 Å². The average molecular weight is 255 g/mol. The minimum atomic E-state index is 0.685. The molecule has 1 fully saturated rings. The zero-order chi connectivity index (χ0) is 13.2.